The summed E-state index contributed by atoms with van der Waals surface area (Å²) < 4.78 is 9.90. The highest BCUT2D eigenvalue weighted by molar-refractivity contribution is 7.09. The zero-order chi connectivity index (χ0) is 13.1. The third kappa shape index (κ3) is 3.11. The number of ether oxygens (including phenoxy) is 1. The van der Waals surface area contributed by atoms with Crippen LogP contribution in [0.4, 0.5) is 5.13 Å². The Labute approximate surface area is 117 Å². The van der Waals surface area contributed by atoms with Crippen molar-refractivity contribution in [2.75, 3.05) is 19.0 Å². The molecule has 0 amide bonds. The number of anilines is 1. The highest BCUT2D eigenvalue weighted by Crippen LogP contribution is 2.39. The van der Waals surface area contributed by atoms with E-state index in [2.05, 4.69) is 26.8 Å². The Morgan fingerprint density at radius 1 is 1.37 bits per heavy atom. The van der Waals surface area contributed by atoms with Gasteiger partial charge in [0, 0.05) is 31.1 Å². The first kappa shape index (κ1) is 12.6. The Balaban J connectivity index is 1.60. The molecule has 1 aliphatic carbocycles. The van der Waals surface area contributed by atoms with Gasteiger partial charge in [-0.2, -0.15) is 4.37 Å². The van der Waals surface area contributed by atoms with Crippen molar-refractivity contribution in [1.29, 1.82) is 0 Å². The van der Waals surface area contributed by atoms with Gasteiger partial charge in [0.2, 0.25) is 5.13 Å². The van der Waals surface area contributed by atoms with Crippen LogP contribution < -0.4 is 5.32 Å². The minimum Gasteiger partial charge on any atom is -0.375 e. The number of nitrogens with zero attached hydrogens (tertiary/aromatic N) is 2. The van der Waals surface area contributed by atoms with E-state index >= 15 is 0 Å². The first-order valence-corrected chi connectivity index (χ1v) is 7.29. The second-order valence-electron chi connectivity index (χ2n) is 4.75. The molecule has 1 heterocycles. The molecule has 100 valence electrons. The molecule has 1 saturated carbocycles. The molecule has 1 atom stereocenters. The molecule has 1 N–H and O–H groups in total. The Morgan fingerprint density at radius 2 is 2.16 bits per heavy atom. The largest absolute Gasteiger partial charge is 0.375 e. The number of methoxy groups -OCH3 is 1. The Morgan fingerprint density at radius 3 is 2.84 bits per heavy atom. The van der Waals surface area contributed by atoms with Crippen LogP contribution >= 0.6 is 11.5 Å². The molecule has 5 heteroatoms. The summed E-state index contributed by atoms with van der Waals surface area (Å²) in [4.78, 5) is 4.51. The summed E-state index contributed by atoms with van der Waals surface area (Å²) in [5.41, 5.74) is 1.17. The van der Waals surface area contributed by atoms with Gasteiger partial charge in [0.05, 0.1) is 6.10 Å². The van der Waals surface area contributed by atoms with Crippen LogP contribution in [0.5, 0.6) is 0 Å². The van der Waals surface area contributed by atoms with Crippen molar-refractivity contribution in [2.24, 2.45) is 0 Å². The Bertz CT molecular complexity index is 524. The topological polar surface area (TPSA) is 47.0 Å². The van der Waals surface area contributed by atoms with Gasteiger partial charge in [-0.3, -0.25) is 0 Å². The van der Waals surface area contributed by atoms with Crippen molar-refractivity contribution in [1.82, 2.24) is 9.36 Å². The van der Waals surface area contributed by atoms with Crippen molar-refractivity contribution in [3.63, 3.8) is 0 Å². The van der Waals surface area contributed by atoms with Crippen LogP contribution in [0, 0.1) is 0 Å². The maximum atomic E-state index is 5.52. The van der Waals surface area contributed by atoms with Gasteiger partial charge in [-0.25, -0.2) is 4.98 Å². The zero-order valence-corrected chi connectivity index (χ0v) is 11.7. The SMILES string of the molecule is COC(CNc1nc(C2CC2)ns1)c1ccccc1. The average Bonchev–Trinajstić information content (AvgIpc) is 3.20. The smallest absolute Gasteiger partial charge is 0.202 e. The van der Waals surface area contributed by atoms with E-state index in [1.165, 1.54) is 29.9 Å². The lowest BCUT2D eigenvalue weighted by molar-refractivity contribution is 0.114. The van der Waals surface area contributed by atoms with Gasteiger partial charge in [0.25, 0.3) is 0 Å². The molecule has 0 saturated heterocycles. The second-order valence-corrected chi connectivity index (χ2v) is 5.50. The normalized spacial score (nSPS) is 16.3. The quantitative estimate of drug-likeness (QED) is 0.879. The molecule has 2 aromatic rings. The molecule has 1 aliphatic rings. The summed E-state index contributed by atoms with van der Waals surface area (Å²) in [6.45, 7) is 0.708. The molecule has 1 aromatic carbocycles. The molecular weight excluding hydrogens is 258 g/mol. The molecule has 0 aliphatic heterocycles. The van der Waals surface area contributed by atoms with Gasteiger partial charge in [-0.1, -0.05) is 30.3 Å². The monoisotopic (exact) mass is 275 g/mol. The van der Waals surface area contributed by atoms with Crippen molar-refractivity contribution < 1.29 is 4.74 Å². The molecule has 3 rings (SSSR count). The molecule has 19 heavy (non-hydrogen) atoms. The first-order valence-electron chi connectivity index (χ1n) is 6.52. The van der Waals surface area contributed by atoms with E-state index in [0.717, 1.165) is 11.0 Å². The first-order chi connectivity index (χ1) is 9.36. The molecule has 0 bridgehead atoms. The fraction of sp³-hybridized carbons (Fsp3) is 0.429. The van der Waals surface area contributed by atoms with Gasteiger partial charge in [0.1, 0.15) is 5.82 Å². The molecule has 4 nitrogen and oxygen atoms in total. The van der Waals surface area contributed by atoms with E-state index in [-0.39, 0.29) is 6.10 Å². The number of hydrogen-bond donors (Lipinski definition) is 1. The summed E-state index contributed by atoms with van der Waals surface area (Å²) in [6, 6.07) is 10.2. The van der Waals surface area contributed by atoms with E-state index < -0.39 is 0 Å². The maximum absolute atomic E-state index is 5.52. The number of aromatic nitrogens is 2. The van der Waals surface area contributed by atoms with E-state index in [1.54, 1.807) is 7.11 Å². The van der Waals surface area contributed by atoms with Crippen LogP contribution in [0.2, 0.25) is 0 Å². The second kappa shape index (κ2) is 5.67. The lowest BCUT2D eigenvalue weighted by Gasteiger charge is -2.15. The standard InChI is InChI=1S/C14H17N3OS/c1-18-12(10-5-3-2-4-6-10)9-15-14-16-13(17-19-14)11-7-8-11/h2-6,11-12H,7-9H2,1H3,(H,15,16,17). The van der Waals surface area contributed by atoms with Crippen LogP contribution in [0.3, 0.4) is 0 Å². The maximum Gasteiger partial charge on any atom is 0.202 e. The minimum atomic E-state index is 0.0366. The van der Waals surface area contributed by atoms with Crippen LogP contribution in [0.25, 0.3) is 0 Å². The fourth-order valence-electron chi connectivity index (χ4n) is 2.00. The van der Waals surface area contributed by atoms with Gasteiger partial charge < -0.3 is 10.1 Å². The molecule has 0 radical (unpaired) electrons. The molecular formula is C14H17N3OS. The number of nitrogens with one attached hydrogen (secondary N) is 1. The lowest BCUT2D eigenvalue weighted by atomic mass is 10.1. The van der Waals surface area contributed by atoms with Crippen LogP contribution in [-0.2, 0) is 4.74 Å². The van der Waals surface area contributed by atoms with Crippen LogP contribution in [0.15, 0.2) is 30.3 Å². The number of rotatable bonds is 6. The Kier molecular flexibility index (Phi) is 3.75. The van der Waals surface area contributed by atoms with E-state index in [0.29, 0.717) is 12.5 Å². The van der Waals surface area contributed by atoms with Crippen molar-refractivity contribution >= 4 is 16.7 Å². The van der Waals surface area contributed by atoms with Gasteiger partial charge in [0.15, 0.2) is 0 Å². The number of benzene rings is 1. The predicted octanol–water partition coefficient (Wildman–Crippen LogP) is 3.22. The molecule has 1 fully saturated rings. The predicted molar refractivity (Wildman–Crippen MR) is 76.6 cm³/mol. The molecule has 1 aromatic heterocycles. The zero-order valence-electron chi connectivity index (χ0n) is 10.9. The van der Waals surface area contributed by atoms with Gasteiger partial charge in [-0.15, -0.1) is 0 Å². The van der Waals surface area contributed by atoms with E-state index in [1.807, 2.05) is 18.2 Å². The summed E-state index contributed by atoms with van der Waals surface area (Å²) in [6.07, 6.45) is 2.51. The van der Waals surface area contributed by atoms with Crippen molar-refractivity contribution in [3.8, 4) is 0 Å². The fourth-order valence-corrected chi connectivity index (χ4v) is 2.65. The van der Waals surface area contributed by atoms with E-state index in [9.17, 15) is 0 Å². The molecule has 1 unspecified atom stereocenters. The number of hydrogen-bond acceptors (Lipinski definition) is 5. The summed E-state index contributed by atoms with van der Waals surface area (Å²) in [5, 5.41) is 4.21. The summed E-state index contributed by atoms with van der Waals surface area (Å²) in [7, 11) is 1.73. The van der Waals surface area contributed by atoms with Crippen molar-refractivity contribution in [3.05, 3.63) is 41.7 Å². The van der Waals surface area contributed by atoms with E-state index in [4.69, 9.17) is 4.74 Å². The van der Waals surface area contributed by atoms with Crippen LogP contribution in [0.1, 0.15) is 36.3 Å². The van der Waals surface area contributed by atoms with Gasteiger partial charge in [-0.05, 0) is 18.4 Å². The summed E-state index contributed by atoms with van der Waals surface area (Å²) in [5.74, 6) is 1.61. The molecule has 0 spiro atoms. The van der Waals surface area contributed by atoms with Crippen LogP contribution in [-0.4, -0.2) is 23.0 Å². The lowest BCUT2D eigenvalue weighted by Crippen LogP contribution is -2.14. The highest BCUT2D eigenvalue weighted by atomic mass is 32.1. The highest BCUT2D eigenvalue weighted by Gasteiger charge is 2.27. The average molecular weight is 275 g/mol. The van der Waals surface area contributed by atoms with Gasteiger partial charge >= 0.3 is 0 Å². The third-order valence-corrected chi connectivity index (χ3v) is 3.97. The minimum absolute atomic E-state index is 0.0366. The summed E-state index contributed by atoms with van der Waals surface area (Å²) >= 11 is 1.44. The Hall–Kier alpha value is -1.46. The third-order valence-electron chi connectivity index (χ3n) is 3.28. The van der Waals surface area contributed by atoms with Crippen molar-refractivity contribution in [2.45, 2.75) is 24.9 Å².